The Morgan fingerprint density at radius 1 is 0.972 bits per heavy atom. The van der Waals surface area contributed by atoms with Crippen LogP contribution in [0.5, 0.6) is 5.75 Å². The third kappa shape index (κ3) is 4.71. The predicted octanol–water partition coefficient (Wildman–Crippen LogP) is 3.53. The monoisotopic (exact) mass is 485 g/mol. The quantitative estimate of drug-likeness (QED) is 0.418. The van der Waals surface area contributed by atoms with Crippen LogP contribution in [-0.4, -0.2) is 58.3 Å². The molecule has 1 aliphatic rings. The van der Waals surface area contributed by atoms with E-state index in [2.05, 4.69) is 42.0 Å². The molecule has 0 spiro atoms. The molecule has 186 valence electrons. The van der Waals surface area contributed by atoms with Crippen molar-refractivity contribution in [3.05, 3.63) is 82.4 Å². The van der Waals surface area contributed by atoms with Gasteiger partial charge in [0.05, 0.1) is 12.8 Å². The second-order valence-corrected chi connectivity index (χ2v) is 9.27. The summed E-state index contributed by atoms with van der Waals surface area (Å²) in [7, 11) is 1.66. The van der Waals surface area contributed by atoms with Crippen molar-refractivity contribution < 1.29 is 9.53 Å². The van der Waals surface area contributed by atoms with Crippen LogP contribution in [-0.2, 0) is 11.3 Å². The second kappa shape index (κ2) is 9.89. The number of amides is 1. The van der Waals surface area contributed by atoms with E-state index in [-0.39, 0.29) is 17.9 Å². The number of ether oxygens (including phenoxy) is 1. The molecule has 2 aromatic heterocycles. The molecule has 8 heteroatoms. The molecule has 0 bridgehead atoms. The molecule has 0 N–H and O–H groups in total. The molecule has 4 aromatic rings. The van der Waals surface area contributed by atoms with E-state index < -0.39 is 0 Å². The maximum absolute atomic E-state index is 13.1. The lowest BCUT2D eigenvalue weighted by atomic mass is 10.0. The molecule has 0 radical (unpaired) electrons. The third-order valence-electron chi connectivity index (χ3n) is 7.02. The Hall–Kier alpha value is -4.07. The van der Waals surface area contributed by atoms with Crippen molar-refractivity contribution in [3.8, 4) is 17.0 Å². The minimum Gasteiger partial charge on any atom is -0.497 e. The fraction of sp³-hybridized carbons (Fsp3) is 0.321. The lowest BCUT2D eigenvalue weighted by Gasteiger charge is -2.36. The van der Waals surface area contributed by atoms with Gasteiger partial charge in [0, 0.05) is 68.9 Å². The van der Waals surface area contributed by atoms with E-state index in [1.807, 2.05) is 35.2 Å². The number of nitrogens with zero attached hydrogens (tertiary/aromatic N) is 5. The van der Waals surface area contributed by atoms with Crippen LogP contribution in [0.15, 0.2) is 65.7 Å². The van der Waals surface area contributed by atoms with Crippen LogP contribution in [0.3, 0.4) is 0 Å². The smallest absolute Gasteiger partial charge is 0.276 e. The summed E-state index contributed by atoms with van der Waals surface area (Å²) in [5.41, 5.74) is 5.61. The van der Waals surface area contributed by atoms with Gasteiger partial charge in [0.2, 0.25) is 5.91 Å². The minimum atomic E-state index is -0.143. The highest BCUT2D eigenvalue weighted by Gasteiger charge is 2.21. The molecule has 5 rings (SSSR count). The summed E-state index contributed by atoms with van der Waals surface area (Å²) in [6, 6.07) is 16.0. The molecule has 0 unspecified atom stereocenters. The lowest BCUT2D eigenvalue weighted by molar-refractivity contribution is -0.131. The summed E-state index contributed by atoms with van der Waals surface area (Å²) in [5, 5.41) is 4.58. The van der Waals surface area contributed by atoms with Gasteiger partial charge in [-0.3, -0.25) is 9.59 Å². The van der Waals surface area contributed by atoms with Crippen LogP contribution in [0.25, 0.3) is 16.8 Å². The zero-order valence-electron chi connectivity index (χ0n) is 21.0. The number of hydrogen-bond donors (Lipinski definition) is 0. The van der Waals surface area contributed by atoms with Crippen LogP contribution >= 0.6 is 0 Å². The van der Waals surface area contributed by atoms with Crippen molar-refractivity contribution in [1.29, 1.82) is 0 Å². The van der Waals surface area contributed by atoms with E-state index in [0.29, 0.717) is 25.2 Å². The highest BCUT2D eigenvalue weighted by Crippen LogP contribution is 2.23. The number of fused-ring (bicyclic) bond motifs is 1. The predicted molar refractivity (Wildman–Crippen MR) is 141 cm³/mol. The zero-order chi connectivity index (χ0) is 25.2. The summed E-state index contributed by atoms with van der Waals surface area (Å²) >= 11 is 0. The summed E-state index contributed by atoms with van der Waals surface area (Å²) < 4.78 is 8.54. The fourth-order valence-corrected chi connectivity index (χ4v) is 4.64. The van der Waals surface area contributed by atoms with E-state index in [1.165, 1.54) is 11.1 Å². The van der Waals surface area contributed by atoms with Gasteiger partial charge in [0.15, 0.2) is 0 Å². The SMILES string of the molecule is COc1cccc(N2CCN(C(=O)CCn3ccn4nc(-c5ccc(C)c(C)c5)cc4c3=O)CC2)c1. The summed E-state index contributed by atoms with van der Waals surface area (Å²) in [6.45, 7) is 7.33. The van der Waals surface area contributed by atoms with Gasteiger partial charge in [-0.05, 0) is 49.2 Å². The number of aryl methyl sites for hydroxylation is 3. The molecule has 36 heavy (non-hydrogen) atoms. The van der Waals surface area contributed by atoms with Gasteiger partial charge in [-0.2, -0.15) is 5.10 Å². The number of carbonyl (C=O) groups excluding carboxylic acids is 1. The molecular weight excluding hydrogens is 454 g/mol. The Bertz CT molecular complexity index is 1460. The summed E-state index contributed by atoms with van der Waals surface area (Å²) in [4.78, 5) is 30.1. The van der Waals surface area contributed by atoms with Gasteiger partial charge >= 0.3 is 0 Å². The van der Waals surface area contributed by atoms with E-state index in [0.717, 1.165) is 35.8 Å². The molecule has 1 fully saturated rings. The van der Waals surface area contributed by atoms with E-state index in [4.69, 9.17) is 4.74 Å². The van der Waals surface area contributed by atoms with Crippen LogP contribution in [0.1, 0.15) is 17.5 Å². The van der Waals surface area contributed by atoms with E-state index in [1.54, 1.807) is 28.6 Å². The number of piperazine rings is 1. The van der Waals surface area contributed by atoms with Crippen LogP contribution in [0, 0.1) is 13.8 Å². The van der Waals surface area contributed by atoms with Crippen LogP contribution < -0.4 is 15.2 Å². The summed E-state index contributed by atoms with van der Waals surface area (Å²) in [5.74, 6) is 0.893. The number of anilines is 1. The van der Waals surface area contributed by atoms with Crippen molar-refractivity contribution in [2.75, 3.05) is 38.2 Å². The molecule has 1 aliphatic heterocycles. The molecule has 3 heterocycles. The van der Waals surface area contributed by atoms with Crippen molar-refractivity contribution in [3.63, 3.8) is 0 Å². The molecule has 0 atom stereocenters. The Labute approximate surface area is 210 Å². The third-order valence-corrected chi connectivity index (χ3v) is 7.02. The number of benzene rings is 2. The highest BCUT2D eigenvalue weighted by molar-refractivity contribution is 5.76. The number of methoxy groups -OCH3 is 1. The molecule has 8 nitrogen and oxygen atoms in total. The Morgan fingerprint density at radius 3 is 2.53 bits per heavy atom. The van der Waals surface area contributed by atoms with Crippen molar-refractivity contribution >= 4 is 17.1 Å². The number of carbonyl (C=O) groups is 1. The van der Waals surface area contributed by atoms with Crippen molar-refractivity contribution in [2.24, 2.45) is 0 Å². The van der Waals surface area contributed by atoms with Crippen LogP contribution in [0.4, 0.5) is 5.69 Å². The number of aromatic nitrogens is 3. The van der Waals surface area contributed by atoms with Gasteiger partial charge < -0.3 is 19.1 Å². The second-order valence-electron chi connectivity index (χ2n) is 9.27. The standard InChI is InChI=1S/C28H31N5O3/c1-20-7-8-22(17-21(20)2)25-19-26-28(35)32(15-16-33(26)29-25)10-9-27(34)31-13-11-30(12-14-31)23-5-4-6-24(18-23)36-3/h4-8,15-19H,9-14H2,1-3H3. The molecular formula is C28H31N5O3. The Kier molecular flexibility index (Phi) is 6.50. The molecule has 0 aliphatic carbocycles. The number of rotatable bonds is 6. The maximum atomic E-state index is 13.1. The molecule has 2 aromatic carbocycles. The summed E-state index contributed by atoms with van der Waals surface area (Å²) in [6.07, 6.45) is 3.77. The average Bonchev–Trinajstić information content (AvgIpc) is 3.35. The number of hydrogen-bond acceptors (Lipinski definition) is 5. The zero-order valence-corrected chi connectivity index (χ0v) is 21.0. The average molecular weight is 486 g/mol. The highest BCUT2D eigenvalue weighted by atomic mass is 16.5. The first-order chi connectivity index (χ1) is 17.4. The first kappa shape index (κ1) is 23.7. The van der Waals surface area contributed by atoms with E-state index in [9.17, 15) is 9.59 Å². The minimum absolute atomic E-state index is 0.0661. The van der Waals surface area contributed by atoms with Gasteiger partial charge in [0.1, 0.15) is 11.3 Å². The molecule has 1 saturated heterocycles. The maximum Gasteiger partial charge on any atom is 0.276 e. The van der Waals surface area contributed by atoms with Gasteiger partial charge in [-0.15, -0.1) is 0 Å². The van der Waals surface area contributed by atoms with Gasteiger partial charge in [-0.25, -0.2) is 4.52 Å². The Balaban J connectivity index is 1.22. The van der Waals surface area contributed by atoms with Gasteiger partial charge in [0.25, 0.3) is 5.56 Å². The largest absolute Gasteiger partial charge is 0.497 e. The Morgan fingerprint density at radius 2 is 1.78 bits per heavy atom. The lowest BCUT2D eigenvalue weighted by Crippen LogP contribution is -2.49. The van der Waals surface area contributed by atoms with Crippen LogP contribution in [0.2, 0.25) is 0 Å². The topological polar surface area (TPSA) is 72.1 Å². The first-order valence-corrected chi connectivity index (χ1v) is 12.3. The van der Waals surface area contributed by atoms with Crippen molar-refractivity contribution in [1.82, 2.24) is 19.1 Å². The van der Waals surface area contributed by atoms with Gasteiger partial charge in [-0.1, -0.05) is 18.2 Å². The first-order valence-electron chi connectivity index (χ1n) is 12.3. The van der Waals surface area contributed by atoms with Crippen molar-refractivity contribution in [2.45, 2.75) is 26.8 Å². The molecule has 0 saturated carbocycles. The fourth-order valence-electron chi connectivity index (χ4n) is 4.64. The molecule has 1 amide bonds. The normalized spacial score (nSPS) is 13.9. The van der Waals surface area contributed by atoms with E-state index >= 15 is 0 Å².